The van der Waals surface area contributed by atoms with Gasteiger partial charge in [-0.2, -0.15) is 0 Å². The van der Waals surface area contributed by atoms with E-state index in [-0.39, 0.29) is 0 Å². The molecule has 0 amide bonds. The van der Waals surface area contributed by atoms with Gasteiger partial charge in [-0.25, -0.2) is 0 Å². The molecule has 226 valence electrons. The number of hydrogen-bond acceptors (Lipinski definition) is 0. The third-order valence-electron chi connectivity index (χ3n) is 11.4. The van der Waals surface area contributed by atoms with Crippen LogP contribution in [0.15, 0.2) is 84.9 Å². The zero-order valence-electron chi connectivity index (χ0n) is 28.5. The van der Waals surface area contributed by atoms with Crippen molar-refractivity contribution in [3.8, 4) is 22.3 Å². The second-order valence-electron chi connectivity index (χ2n) is 15.2. The summed E-state index contributed by atoms with van der Waals surface area (Å²) in [5, 5.41) is 0. The zero-order valence-corrected chi connectivity index (χ0v) is 33.1. The molecule has 0 N–H and O–H groups in total. The van der Waals surface area contributed by atoms with Gasteiger partial charge < -0.3 is 0 Å². The second kappa shape index (κ2) is 11.4. The van der Waals surface area contributed by atoms with Crippen LogP contribution in [0, 0.1) is 27.7 Å². The predicted octanol–water partition coefficient (Wildman–Crippen LogP) is 12.7. The van der Waals surface area contributed by atoms with Crippen molar-refractivity contribution in [3.63, 3.8) is 0 Å². The molecule has 0 spiro atoms. The Bertz CT molecular complexity index is 1750. The van der Waals surface area contributed by atoms with Gasteiger partial charge in [0.25, 0.3) is 0 Å². The van der Waals surface area contributed by atoms with E-state index in [4.69, 9.17) is 0 Å². The van der Waals surface area contributed by atoms with Crippen molar-refractivity contribution in [2.24, 2.45) is 0 Å². The molecule has 0 heterocycles. The van der Waals surface area contributed by atoms with Crippen molar-refractivity contribution < 1.29 is 17.1 Å². The summed E-state index contributed by atoms with van der Waals surface area (Å²) in [6.07, 6.45) is 10.4. The van der Waals surface area contributed by atoms with Crippen LogP contribution >= 0.6 is 0 Å². The van der Waals surface area contributed by atoms with Gasteiger partial charge >= 0.3 is 270 Å². The molecule has 2 heteroatoms. The van der Waals surface area contributed by atoms with Crippen LogP contribution in [-0.4, -0.2) is 5.49 Å². The monoisotopic (exact) mass is 762 g/mol. The van der Waals surface area contributed by atoms with E-state index in [9.17, 15) is 0 Å². The van der Waals surface area contributed by atoms with E-state index in [0.717, 1.165) is 11.1 Å². The number of allylic oxidation sites excluding steroid dienone is 2. The number of rotatable bonds is 6. The second-order valence-corrected chi connectivity index (χ2v) is 60.8. The van der Waals surface area contributed by atoms with Crippen LogP contribution in [0.25, 0.3) is 34.4 Å². The molecular weight excluding hydrogens is 711 g/mol. The van der Waals surface area contributed by atoms with Crippen LogP contribution in [0.3, 0.4) is 0 Å². The SMILES string of the molecule is Cc1cccc(C)c1-c1cccc2c1C=C[CH]2[Hf]([CH3])([CH3])([CH]1C=Cc2c(-c3c(C)cccc3C)cccc21)=[Si](C(C)C)C(C)C. The van der Waals surface area contributed by atoms with Gasteiger partial charge in [-0.1, -0.05) is 0 Å². The summed E-state index contributed by atoms with van der Waals surface area (Å²) < 4.78 is 6.87. The molecule has 2 aliphatic rings. The average molecular weight is 761 g/mol. The molecule has 0 saturated heterocycles. The predicted molar refractivity (Wildman–Crippen MR) is 194 cm³/mol. The van der Waals surface area contributed by atoms with Gasteiger partial charge in [0.2, 0.25) is 0 Å². The van der Waals surface area contributed by atoms with Crippen molar-refractivity contribution in [3.05, 3.63) is 129 Å². The minimum absolute atomic E-state index is 0.536. The summed E-state index contributed by atoms with van der Waals surface area (Å²) >= 11 is -3.98. The molecule has 2 atom stereocenters. The van der Waals surface area contributed by atoms with Crippen LogP contribution in [0.1, 0.15) is 79.6 Å². The molecule has 4 aromatic carbocycles. The summed E-state index contributed by atoms with van der Waals surface area (Å²) in [5.74, 6) is 0. The molecule has 4 aromatic rings. The molecule has 0 aliphatic heterocycles. The van der Waals surface area contributed by atoms with Crippen molar-refractivity contribution in [1.29, 1.82) is 0 Å². The molecular formula is C42H50HfSi. The Morgan fingerprint density at radius 2 is 0.864 bits per heavy atom. The molecule has 0 nitrogen and oxygen atoms in total. The third kappa shape index (κ3) is 4.69. The molecule has 2 aliphatic carbocycles. The van der Waals surface area contributed by atoms with Crippen LogP contribution in [0.4, 0.5) is 0 Å². The number of fused-ring (bicyclic) bond motifs is 2. The van der Waals surface area contributed by atoms with Crippen molar-refractivity contribution in [1.82, 2.24) is 0 Å². The Balaban J connectivity index is 1.63. The first-order valence-corrected chi connectivity index (χ1v) is 35.1. The topological polar surface area (TPSA) is 0 Å². The Morgan fingerprint density at radius 3 is 1.20 bits per heavy atom. The Hall–Kier alpha value is -2.55. The molecule has 2 unspecified atom stereocenters. The van der Waals surface area contributed by atoms with E-state index in [2.05, 4.69) is 162 Å². The number of benzene rings is 4. The van der Waals surface area contributed by atoms with Crippen LogP contribution in [0.5, 0.6) is 0 Å². The van der Waals surface area contributed by atoms with Gasteiger partial charge in [0.1, 0.15) is 0 Å². The van der Waals surface area contributed by atoms with Gasteiger partial charge in [-0.3, -0.25) is 0 Å². The van der Waals surface area contributed by atoms with Gasteiger partial charge in [-0.15, -0.1) is 0 Å². The van der Waals surface area contributed by atoms with Crippen molar-refractivity contribution in [2.45, 2.75) is 83.2 Å². The molecule has 0 fully saturated rings. The first-order valence-electron chi connectivity index (χ1n) is 16.7. The fraction of sp³-hybridized carbons (Fsp3) is 0.333. The maximum absolute atomic E-state index is 3.98. The van der Waals surface area contributed by atoms with Gasteiger partial charge in [-0.05, 0) is 0 Å². The van der Waals surface area contributed by atoms with Crippen LogP contribution in [0.2, 0.25) is 20.4 Å². The van der Waals surface area contributed by atoms with E-state index in [1.807, 2.05) is 0 Å². The Morgan fingerprint density at radius 1 is 0.523 bits per heavy atom. The normalized spacial score (nSPS) is 17.5. The van der Waals surface area contributed by atoms with E-state index < -0.39 is 22.6 Å². The number of aryl methyl sites for hydroxylation is 4. The third-order valence-corrected chi connectivity index (χ3v) is 70.3. The first kappa shape index (κ1) is 31.4. The summed E-state index contributed by atoms with van der Waals surface area (Å²) in [5.41, 5.74) is 18.0. The first-order chi connectivity index (χ1) is 20.9. The van der Waals surface area contributed by atoms with Crippen LogP contribution in [-0.2, 0) is 17.1 Å². The molecule has 6 rings (SSSR count). The summed E-state index contributed by atoms with van der Waals surface area (Å²) in [4.78, 5) is 0. The molecule has 44 heavy (non-hydrogen) atoms. The quantitative estimate of drug-likeness (QED) is 0.172. The van der Waals surface area contributed by atoms with Crippen molar-refractivity contribution >= 4 is 17.6 Å². The van der Waals surface area contributed by atoms with Gasteiger partial charge in [0.15, 0.2) is 0 Å². The Kier molecular flexibility index (Phi) is 8.11. The van der Waals surface area contributed by atoms with Gasteiger partial charge in [0.05, 0.1) is 0 Å². The Labute approximate surface area is 268 Å². The fourth-order valence-electron chi connectivity index (χ4n) is 10.2. The average Bonchev–Trinajstić information content (AvgIpc) is 3.59. The summed E-state index contributed by atoms with van der Waals surface area (Å²) in [7, 11) is 0. The molecule has 0 saturated carbocycles. The summed E-state index contributed by atoms with van der Waals surface area (Å²) in [6.45, 7) is 19.3. The van der Waals surface area contributed by atoms with E-state index >= 15 is 0 Å². The van der Waals surface area contributed by atoms with E-state index in [1.165, 1.54) is 55.6 Å². The van der Waals surface area contributed by atoms with E-state index in [1.54, 1.807) is 11.1 Å². The maximum atomic E-state index is 2.90. The molecule has 0 aromatic heterocycles. The van der Waals surface area contributed by atoms with Crippen molar-refractivity contribution in [2.75, 3.05) is 0 Å². The standard InChI is InChI=1S/2C17H15.C6H14Si.2CH3.Hf/c2*1-12-6-3-7-13(2)17(12)16-11-5-9-14-8-4-10-15(14)16;1-5(2)7-6(3)4;;;/h2*3-11H,1-2H3;5-6H,1-4H3;2*1H3;. The summed E-state index contributed by atoms with van der Waals surface area (Å²) in [6, 6.07) is 27.9. The number of hydrogen-bond donors (Lipinski definition) is 0. The fourth-order valence-corrected chi connectivity index (χ4v) is 82.0. The zero-order chi connectivity index (χ0) is 31.6. The minimum atomic E-state index is -3.98. The van der Waals surface area contributed by atoms with Gasteiger partial charge in [0, 0.05) is 0 Å². The van der Waals surface area contributed by atoms with E-state index in [0.29, 0.717) is 7.35 Å². The molecule has 0 radical (unpaired) electrons. The molecule has 0 bridgehead atoms. The van der Waals surface area contributed by atoms with Crippen LogP contribution < -0.4 is 0 Å².